The van der Waals surface area contributed by atoms with E-state index in [1.54, 1.807) is 16.9 Å². The van der Waals surface area contributed by atoms with Crippen LogP contribution >= 0.6 is 0 Å². The summed E-state index contributed by atoms with van der Waals surface area (Å²) in [5.41, 5.74) is 6.72. The van der Waals surface area contributed by atoms with Gasteiger partial charge in [0.05, 0.1) is 6.26 Å². The van der Waals surface area contributed by atoms with Crippen molar-refractivity contribution in [3.63, 3.8) is 0 Å². The summed E-state index contributed by atoms with van der Waals surface area (Å²) < 4.78 is 7.02. The SMILES string of the molecule is Nc1nc(N2CCNCC2)nc2nc(-c3ccco3)cn12. The van der Waals surface area contributed by atoms with Gasteiger partial charge in [0, 0.05) is 32.4 Å². The van der Waals surface area contributed by atoms with Crippen LogP contribution in [-0.2, 0) is 0 Å². The monoisotopic (exact) mass is 285 g/mol. The number of hydrogen-bond acceptors (Lipinski definition) is 7. The number of aromatic nitrogens is 4. The summed E-state index contributed by atoms with van der Waals surface area (Å²) >= 11 is 0. The maximum absolute atomic E-state index is 6.03. The quantitative estimate of drug-likeness (QED) is 0.702. The zero-order chi connectivity index (χ0) is 14.2. The van der Waals surface area contributed by atoms with Crippen molar-refractivity contribution in [1.82, 2.24) is 24.7 Å². The number of nitrogens with zero attached hydrogens (tertiary/aromatic N) is 5. The Kier molecular flexibility index (Phi) is 2.74. The highest BCUT2D eigenvalue weighted by Gasteiger charge is 2.17. The van der Waals surface area contributed by atoms with Crippen LogP contribution in [0.2, 0.25) is 0 Å². The van der Waals surface area contributed by atoms with Gasteiger partial charge in [-0.3, -0.25) is 4.40 Å². The normalized spacial score (nSPS) is 15.7. The van der Waals surface area contributed by atoms with E-state index in [4.69, 9.17) is 10.2 Å². The maximum atomic E-state index is 6.03. The minimum absolute atomic E-state index is 0.374. The lowest BCUT2D eigenvalue weighted by atomic mass is 10.4. The number of anilines is 2. The van der Waals surface area contributed by atoms with E-state index in [0.29, 0.717) is 29.1 Å². The molecule has 0 aromatic carbocycles. The molecule has 0 atom stereocenters. The average molecular weight is 285 g/mol. The van der Waals surface area contributed by atoms with Gasteiger partial charge in [0.25, 0.3) is 0 Å². The Balaban J connectivity index is 1.78. The second kappa shape index (κ2) is 4.74. The van der Waals surface area contributed by atoms with Gasteiger partial charge in [-0.15, -0.1) is 0 Å². The van der Waals surface area contributed by atoms with Crippen LogP contribution in [0.15, 0.2) is 29.0 Å². The Morgan fingerprint density at radius 1 is 1.19 bits per heavy atom. The van der Waals surface area contributed by atoms with Crippen LogP contribution in [0, 0.1) is 0 Å². The minimum Gasteiger partial charge on any atom is -0.463 e. The molecule has 8 nitrogen and oxygen atoms in total. The lowest BCUT2D eigenvalue weighted by molar-refractivity contribution is 0.579. The van der Waals surface area contributed by atoms with E-state index in [-0.39, 0.29) is 0 Å². The van der Waals surface area contributed by atoms with Gasteiger partial charge in [-0.25, -0.2) is 4.98 Å². The second-order valence-corrected chi connectivity index (χ2v) is 4.89. The number of rotatable bonds is 2. The van der Waals surface area contributed by atoms with Gasteiger partial charge in [-0.2, -0.15) is 9.97 Å². The maximum Gasteiger partial charge on any atom is 0.240 e. The minimum atomic E-state index is 0.374. The van der Waals surface area contributed by atoms with Crippen molar-refractivity contribution in [2.75, 3.05) is 36.8 Å². The number of piperazine rings is 1. The molecule has 108 valence electrons. The third-order valence-corrected chi connectivity index (χ3v) is 3.52. The van der Waals surface area contributed by atoms with Gasteiger partial charge in [0.2, 0.25) is 17.7 Å². The molecular formula is C13H15N7O. The van der Waals surface area contributed by atoms with Crippen LogP contribution in [0.4, 0.5) is 11.9 Å². The summed E-state index contributed by atoms with van der Waals surface area (Å²) in [6.45, 7) is 3.56. The molecule has 1 saturated heterocycles. The fourth-order valence-electron chi connectivity index (χ4n) is 2.44. The Morgan fingerprint density at radius 2 is 2.05 bits per heavy atom. The lowest BCUT2D eigenvalue weighted by Gasteiger charge is -2.27. The Morgan fingerprint density at radius 3 is 2.81 bits per heavy atom. The summed E-state index contributed by atoms with van der Waals surface area (Å²) in [7, 11) is 0. The number of furan rings is 1. The fraction of sp³-hybridized carbons (Fsp3) is 0.308. The molecule has 8 heteroatoms. The van der Waals surface area contributed by atoms with E-state index < -0.39 is 0 Å². The molecule has 4 heterocycles. The second-order valence-electron chi connectivity index (χ2n) is 4.89. The van der Waals surface area contributed by atoms with Crippen LogP contribution in [0.25, 0.3) is 17.2 Å². The summed E-state index contributed by atoms with van der Waals surface area (Å²) in [6.07, 6.45) is 3.39. The molecule has 0 radical (unpaired) electrons. The van der Waals surface area contributed by atoms with Crippen LogP contribution in [-0.4, -0.2) is 45.5 Å². The largest absolute Gasteiger partial charge is 0.463 e. The van der Waals surface area contributed by atoms with Gasteiger partial charge in [-0.05, 0) is 12.1 Å². The number of fused-ring (bicyclic) bond motifs is 1. The molecule has 0 aliphatic carbocycles. The molecule has 0 spiro atoms. The Labute approximate surface area is 120 Å². The first kappa shape index (κ1) is 12.2. The summed E-state index contributed by atoms with van der Waals surface area (Å²) in [5, 5.41) is 3.30. The topological polar surface area (TPSA) is 97.5 Å². The van der Waals surface area contributed by atoms with Gasteiger partial charge >= 0.3 is 0 Å². The van der Waals surface area contributed by atoms with Crippen molar-refractivity contribution in [3.05, 3.63) is 24.6 Å². The van der Waals surface area contributed by atoms with Crippen LogP contribution in [0.1, 0.15) is 0 Å². The van der Waals surface area contributed by atoms with Gasteiger partial charge in [0.15, 0.2) is 5.76 Å². The average Bonchev–Trinajstić information content (AvgIpc) is 3.17. The number of imidazole rings is 1. The molecule has 21 heavy (non-hydrogen) atoms. The van der Waals surface area contributed by atoms with E-state index in [1.807, 2.05) is 12.1 Å². The zero-order valence-electron chi connectivity index (χ0n) is 11.4. The van der Waals surface area contributed by atoms with Crippen LogP contribution in [0.5, 0.6) is 0 Å². The predicted molar refractivity (Wildman–Crippen MR) is 78.0 cm³/mol. The molecule has 3 aromatic heterocycles. The first-order valence-electron chi connectivity index (χ1n) is 6.83. The van der Waals surface area contributed by atoms with Crippen molar-refractivity contribution in [2.45, 2.75) is 0 Å². The van der Waals surface area contributed by atoms with E-state index in [1.165, 1.54) is 0 Å². The van der Waals surface area contributed by atoms with E-state index in [0.717, 1.165) is 26.2 Å². The smallest absolute Gasteiger partial charge is 0.240 e. The van der Waals surface area contributed by atoms with E-state index in [9.17, 15) is 0 Å². The molecule has 0 saturated carbocycles. The van der Waals surface area contributed by atoms with E-state index >= 15 is 0 Å². The summed E-state index contributed by atoms with van der Waals surface area (Å²) in [6, 6.07) is 3.67. The summed E-state index contributed by atoms with van der Waals surface area (Å²) in [4.78, 5) is 15.5. The van der Waals surface area contributed by atoms with E-state index in [2.05, 4.69) is 25.2 Å². The number of hydrogen-bond donors (Lipinski definition) is 2. The molecule has 4 rings (SSSR count). The predicted octanol–water partition coefficient (Wildman–Crippen LogP) is 0.376. The molecule has 3 N–H and O–H groups in total. The number of nitrogens with one attached hydrogen (secondary N) is 1. The third kappa shape index (κ3) is 2.09. The first-order chi connectivity index (χ1) is 10.3. The molecule has 1 aliphatic rings. The lowest BCUT2D eigenvalue weighted by Crippen LogP contribution is -2.44. The van der Waals surface area contributed by atoms with Crippen molar-refractivity contribution in [1.29, 1.82) is 0 Å². The van der Waals surface area contributed by atoms with Crippen molar-refractivity contribution >= 4 is 17.7 Å². The van der Waals surface area contributed by atoms with Crippen molar-refractivity contribution < 1.29 is 4.42 Å². The Bertz CT molecular complexity index is 758. The molecule has 0 amide bonds. The fourth-order valence-corrected chi connectivity index (χ4v) is 2.44. The number of nitrogen functional groups attached to an aromatic ring is 1. The highest BCUT2D eigenvalue weighted by molar-refractivity contribution is 5.58. The molecule has 3 aromatic rings. The number of nitrogens with two attached hydrogens (primary N) is 1. The van der Waals surface area contributed by atoms with Gasteiger partial charge < -0.3 is 20.4 Å². The molecule has 0 bridgehead atoms. The first-order valence-corrected chi connectivity index (χ1v) is 6.83. The van der Waals surface area contributed by atoms with Crippen molar-refractivity contribution in [3.8, 4) is 11.5 Å². The van der Waals surface area contributed by atoms with Crippen LogP contribution < -0.4 is 16.0 Å². The summed E-state index contributed by atoms with van der Waals surface area (Å²) in [5.74, 6) is 2.21. The van der Waals surface area contributed by atoms with Gasteiger partial charge in [-0.1, -0.05) is 0 Å². The third-order valence-electron chi connectivity index (χ3n) is 3.52. The standard InChI is InChI=1S/C13H15N7O/c14-11-17-12(19-5-3-15-4-6-19)18-13-16-9(8-20(11)13)10-2-1-7-21-10/h1-2,7-8,15H,3-6H2,(H2,14,16,17,18). The molecule has 1 fully saturated rings. The molecule has 1 aliphatic heterocycles. The zero-order valence-corrected chi connectivity index (χ0v) is 11.4. The highest BCUT2D eigenvalue weighted by atomic mass is 16.3. The molecular weight excluding hydrogens is 270 g/mol. The highest BCUT2D eigenvalue weighted by Crippen LogP contribution is 2.21. The van der Waals surface area contributed by atoms with Crippen molar-refractivity contribution in [2.24, 2.45) is 0 Å². The van der Waals surface area contributed by atoms with Gasteiger partial charge in [0.1, 0.15) is 5.69 Å². The molecule has 0 unspecified atom stereocenters. The van der Waals surface area contributed by atoms with Crippen LogP contribution in [0.3, 0.4) is 0 Å². The Hall–Kier alpha value is -2.61.